The zero-order chi connectivity index (χ0) is 28.1. The standard InChI is InChI=1S/C32H29FN4O3/c1-22(2)23-14-16-25(17-15-23)37-20-29(24-9-4-3-5-10-24)34-32(37)35-30(38)21-36(19-26-11-8-18-40-26)31(39)27-12-6-7-13-28(27)33/h3-18,20,22H,19,21H2,1-2H3,(H,34,35,38). The Balaban J connectivity index is 1.44. The highest BCUT2D eigenvalue weighted by Gasteiger charge is 2.24. The number of aromatic nitrogens is 2. The molecule has 5 aromatic rings. The maximum atomic E-state index is 14.5. The van der Waals surface area contributed by atoms with E-state index in [4.69, 9.17) is 9.40 Å². The Hall–Kier alpha value is -4.98. The lowest BCUT2D eigenvalue weighted by Gasteiger charge is -2.21. The van der Waals surface area contributed by atoms with Gasteiger partial charge in [0.2, 0.25) is 11.9 Å². The van der Waals surface area contributed by atoms with Gasteiger partial charge in [0.1, 0.15) is 18.1 Å². The van der Waals surface area contributed by atoms with Gasteiger partial charge in [0, 0.05) is 17.4 Å². The van der Waals surface area contributed by atoms with Crippen LogP contribution in [-0.4, -0.2) is 32.8 Å². The van der Waals surface area contributed by atoms with Gasteiger partial charge in [-0.2, -0.15) is 0 Å². The Bertz CT molecular complexity index is 1590. The number of carbonyl (C=O) groups is 2. The molecule has 1 N–H and O–H groups in total. The number of hydrogen-bond donors (Lipinski definition) is 1. The van der Waals surface area contributed by atoms with Crippen molar-refractivity contribution in [2.75, 3.05) is 11.9 Å². The number of amides is 2. The van der Waals surface area contributed by atoms with Gasteiger partial charge < -0.3 is 9.32 Å². The third kappa shape index (κ3) is 6.02. The van der Waals surface area contributed by atoms with Crippen LogP contribution in [0.5, 0.6) is 0 Å². The molecule has 3 aromatic carbocycles. The lowest BCUT2D eigenvalue weighted by Crippen LogP contribution is -2.38. The second-order valence-electron chi connectivity index (χ2n) is 9.70. The molecule has 0 saturated carbocycles. The SMILES string of the molecule is CC(C)c1ccc(-n2cc(-c3ccccc3)nc2NC(=O)CN(Cc2ccco2)C(=O)c2ccccc2F)cc1. The Kier molecular flexibility index (Phi) is 7.87. The van der Waals surface area contributed by atoms with Crippen molar-refractivity contribution in [1.29, 1.82) is 0 Å². The minimum Gasteiger partial charge on any atom is -0.467 e. The molecule has 2 aromatic heterocycles. The maximum absolute atomic E-state index is 14.5. The number of benzene rings is 3. The molecule has 0 aliphatic carbocycles. The molecule has 0 saturated heterocycles. The zero-order valence-electron chi connectivity index (χ0n) is 22.3. The molecule has 2 amide bonds. The van der Waals surface area contributed by atoms with E-state index in [1.165, 1.54) is 34.9 Å². The molecule has 0 aliphatic heterocycles. The lowest BCUT2D eigenvalue weighted by atomic mass is 10.0. The van der Waals surface area contributed by atoms with Crippen LogP contribution in [0.2, 0.25) is 0 Å². The van der Waals surface area contributed by atoms with Gasteiger partial charge >= 0.3 is 0 Å². The summed E-state index contributed by atoms with van der Waals surface area (Å²) in [5.74, 6) is -0.620. The van der Waals surface area contributed by atoms with Crippen molar-refractivity contribution in [2.24, 2.45) is 0 Å². The first kappa shape index (κ1) is 26.6. The molecule has 0 unspecified atom stereocenters. The van der Waals surface area contributed by atoms with Crippen LogP contribution < -0.4 is 5.32 Å². The zero-order valence-corrected chi connectivity index (χ0v) is 22.3. The van der Waals surface area contributed by atoms with E-state index in [1.807, 2.05) is 60.8 Å². The van der Waals surface area contributed by atoms with Crippen molar-refractivity contribution in [3.8, 4) is 16.9 Å². The van der Waals surface area contributed by atoms with Gasteiger partial charge in [-0.3, -0.25) is 19.5 Å². The number of nitrogens with one attached hydrogen (secondary N) is 1. The first-order valence-electron chi connectivity index (χ1n) is 13.0. The van der Waals surface area contributed by atoms with Crippen LogP contribution in [0.3, 0.4) is 0 Å². The van der Waals surface area contributed by atoms with Crippen molar-refractivity contribution in [2.45, 2.75) is 26.3 Å². The molecule has 0 fully saturated rings. The Morgan fingerprint density at radius 3 is 2.35 bits per heavy atom. The fourth-order valence-corrected chi connectivity index (χ4v) is 4.37. The maximum Gasteiger partial charge on any atom is 0.257 e. The molecule has 0 radical (unpaired) electrons. The number of carbonyl (C=O) groups excluding carboxylic acids is 2. The molecule has 40 heavy (non-hydrogen) atoms. The first-order chi connectivity index (χ1) is 19.4. The van der Waals surface area contributed by atoms with E-state index in [1.54, 1.807) is 22.8 Å². The average Bonchev–Trinajstić information content (AvgIpc) is 3.63. The predicted octanol–water partition coefficient (Wildman–Crippen LogP) is 6.68. The monoisotopic (exact) mass is 536 g/mol. The van der Waals surface area contributed by atoms with E-state index >= 15 is 0 Å². The number of nitrogens with zero attached hydrogens (tertiary/aromatic N) is 3. The van der Waals surface area contributed by atoms with Gasteiger partial charge in [0.15, 0.2) is 0 Å². The highest BCUT2D eigenvalue weighted by molar-refractivity contribution is 5.99. The van der Waals surface area contributed by atoms with Crippen molar-refractivity contribution in [3.63, 3.8) is 0 Å². The summed E-state index contributed by atoms with van der Waals surface area (Å²) < 4.78 is 21.7. The van der Waals surface area contributed by atoms with Crippen LogP contribution in [0.1, 0.15) is 41.4 Å². The van der Waals surface area contributed by atoms with E-state index < -0.39 is 17.6 Å². The van der Waals surface area contributed by atoms with Crippen molar-refractivity contribution in [3.05, 3.63) is 126 Å². The summed E-state index contributed by atoms with van der Waals surface area (Å²) in [6, 6.07) is 26.8. The number of anilines is 1. The molecular weight excluding hydrogens is 507 g/mol. The predicted molar refractivity (Wildman–Crippen MR) is 152 cm³/mol. The van der Waals surface area contributed by atoms with E-state index in [2.05, 4.69) is 19.2 Å². The van der Waals surface area contributed by atoms with Gasteiger partial charge in [0.05, 0.1) is 24.1 Å². The van der Waals surface area contributed by atoms with E-state index in [0.29, 0.717) is 23.3 Å². The van der Waals surface area contributed by atoms with Crippen LogP contribution in [0.25, 0.3) is 16.9 Å². The van der Waals surface area contributed by atoms with Crippen LogP contribution in [0, 0.1) is 5.82 Å². The molecule has 0 aliphatic rings. The van der Waals surface area contributed by atoms with Gasteiger partial charge in [-0.05, 0) is 47.9 Å². The quantitative estimate of drug-likeness (QED) is 0.228. The number of imidazole rings is 1. The minimum atomic E-state index is -0.662. The summed E-state index contributed by atoms with van der Waals surface area (Å²) in [6.45, 7) is 3.91. The Morgan fingerprint density at radius 1 is 0.950 bits per heavy atom. The van der Waals surface area contributed by atoms with Gasteiger partial charge in [0.25, 0.3) is 5.91 Å². The van der Waals surface area contributed by atoms with Crippen LogP contribution >= 0.6 is 0 Å². The molecular formula is C32H29FN4O3. The molecule has 7 nitrogen and oxygen atoms in total. The highest BCUT2D eigenvalue weighted by atomic mass is 19.1. The first-order valence-corrected chi connectivity index (χ1v) is 13.0. The third-order valence-corrected chi connectivity index (χ3v) is 6.52. The summed E-state index contributed by atoms with van der Waals surface area (Å²) in [7, 11) is 0. The third-order valence-electron chi connectivity index (χ3n) is 6.52. The van der Waals surface area contributed by atoms with Gasteiger partial charge in [-0.15, -0.1) is 0 Å². The van der Waals surface area contributed by atoms with Crippen LogP contribution in [-0.2, 0) is 11.3 Å². The second kappa shape index (κ2) is 11.8. The summed E-state index contributed by atoms with van der Waals surface area (Å²) in [6.07, 6.45) is 3.34. The fourth-order valence-electron chi connectivity index (χ4n) is 4.37. The Labute approximate surface area is 231 Å². The summed E-state index contributed by atoms with van der Waals surface area (Å²) in [5, 5.41) is 2.86. The molecule has 0 atom stereocenters. The molecule has 202 valence electrons. The number of furan rings is 1. The van der Waals surface area contributed by atoms with Crippen molar-refractivity contribution >= 4 is 17.8 Å². The topological polar surface area (TPSA) is 80.4 Å². The smallest absolute Gasteiger partial charge is 0.257 e. The van der Waals surface area contributed by atoms with Crippen LogP contribution in [0.4, 0.5) is 10.3 Å². The van der Waals surface area contributed by atoms with E-state index in [-0.39, 0.29) is 18.7 Å². The van der Waals surface area contributed by atoms with Gasteiger partial charge in [-0.25, -0.2) is 9.37 Å². The molecule has 5 rings (SSSR count). The van der Waals surface area contributed by atoms with E-state index in [0.717, 1.165) is 11.3 Å². The number of rotatable bonds is 9. The van der Waals surface area contributed by atoms with Crippen LogP contribution in [0.15, 0.2) is 108 Å². The number of hydrogen-bond acceptors (Lipinski definition) is 4. The molecule has 8 heteroatoms. The summed E-state index contributed by atoms with van der Waals surface area (Å²) in [4.78, 5) is 32.6. The largest absolute Gasteiger partial charge is 0.467 e. The summed E-state index contributed by atoms with van der Waals surface area (Å²) >= 11 is 0. The molecule has 2 heterocycles. The number of halogens is 1. The van der Waals surface area contributed by atoms with Crippen molar-refractivity contribution in [1.82, 2.24) is 14.5 Å². The highest BCUT2D eigenvalue weighted by Crippen LogP contribution is 2.26. The lowest BCUT2D eigenvalue weighted by molar-refractivity contribution is -0.117. The minimum absolute atomic E-state index is 0.00599. The van der Waals surface area contributed by atoms with Gasteiger partial charge in [-0.1, -0.05) is 68.4 Å². The molecule has 0 spiro atoms. The van der Waals surface area contributed by atoms with E-state index in [9.17, 15) is 14.0 Å². The average molecular weight is 537 g/mol. The second-order valence-corrected chi connectivity index (χ2v) is 9.70. The Morgan fingerprint density at radius 2 is 1.68 bits per heavy atom. The van der Waals surface area contributed by atoms with Crippen molar-refractivity contribution < 1.29 is 18.4 Å². The fraction of sp³-hybridized carbons (Fsp3) is 0.156. The summed E-state index contributed by atoms with van der Waals surface area (Å²) in [5.41, 5.74) is 3.46. The normalized spacial score (nSPS) is 11.0. The molecule has 0 bridgehead atoms.